The normalized spacial score (nSPS) is 15.4. The molecule has 0 fully saturated rings. The van der Waals surface area contributed by atoms with Gasteiger partial charge in [-0.3, -0.25) is 0 Å². The molecule has 64 heavy (non-hydrogen) atoms. The Bertz CT molecular complexity index is 3080. The lowest BCUT2D eigenvalue weighted by atomic mass is 9.79. The summed E-state index contributed by atoms with van der Waals surface area (Å²) < 4.78 is 0. The molecule has 2 aliphatic rings. The van der Waals surface area contributed by atoms with Crippen LogP contribution in [0.25, 0.3) is 33.4 Å². The smallest absolute Gasteiger partial charge is 0.169 e. The lowest BCUT2D eigenvalue weighted by molar-refractivity contribution is 0.756. The summed E-state index contributed by atoms with van der Waals surface area (Å²) >= 11 is 0. The van der Waals surface area contributed by atoms with Crippen LogP contribution >= 0.6 is 7.92 Å². The van der Waals surface area contributed by atoms with Gasteiger partial charge in [-0.05, 0) is 62.8 Å². The van der Waals surface area contributed by atoms with Crippen LogP contribution in [0.2, 0.25) is 0 Å². The Kier molecular flexibility index (Phi) is 10.6. The van der Waals surface area contributed by atoms with Gasteiger partial charge in [-0.25, -0.2) is 9.98 Å². The number of aliphatic imine (C=N–C) groups is 2. The molecular weight excluding hydrogens is 796 g/mol. The van der Waals surface area contributed by atoms with Crippen LogP contribution in [-0.4, -0.2) is 18.7 Å². The van der Waals surface area contributed by atoms with Gasteiger partial charge in [0.1, 0.15) is 11.7 Å². The first-order valence-electron chi connectivity index (χ1n) is 21.9. The Hall–Kier alpha value is -7.65. The summed E-state index contributed by atoms with van der Waals surface area (Å²) in [7, 11) is 1.52. The van der Waals surface area contributed by atoms with Crippen molar-refractivity contribution in [3.63, 3.8) is 0 Å². The van der Waals surface area contributed by atoms with Crippen LogP contribution < -0.4 is 26.1 Å². The topological polar surface area (TPSA) is 40.0 Å². The van der Waals surface area contributed by atoms with Gasteiger partial charge in [-0.2, -0.15) is 0 Å². The average molecular weight is 841 g/mol. The van der Waals surface area contributed by atoms with Gasteiger partial charge >= 0.3 is 0 Å². The highest BCUT2D eigenvalue weighted by atomic mass is 31.1. The molecule has 1 N–H and O–H groups in total. The van der Waals surface area contributed by atoms with E-state index in [4.69, 9.17) is 9.98 Å². The third-order valence-electron chi connectivity index (χ3n) is 12.4. The molecule has 0 radical (unpaired) electrons. The van der Waals surface area contributed by atoms with E-state index < -0.39 is 14.1 Å². The molecule has 2 aliphatic heterocycles. The van der Waals surface area contributed by atoms with E-state index in [2.05, 4.69) is 248 Å². The second-order valence-corrected chi connectivity index (χ2v) is 18.5. The van der Waals surface area contributed by atoms with Gasteiger partial charge in [0.05, 0.1) is 11.7 Å². The Labute approximate surface area is 376 Å². The van der Waals surface area contributed by atoms with Crippen LogP contribution in [0.5, 0.6) is 0 Å². The Balaban J connectivity index is 0.971. The number of nitrogens with one attached hydrogen (secondary N) is 1. The van der Waals surface area contributed by atoms with Gasteiger partial charge in [0.15, 0.2) is 6.17 Å². The molecule has 0 aromatic heterocycles. The van der Waals surface area contributed by atoms with Crippen LogP contribution in [0.15, 0.2) is 247 Å². The largest absolute Gasteiger partial charge is 0.362 e. The first-order chi connectivity index (χ1) is 31.7. The highest BCUT2D eigenvalue weighted by Gasteiger charge is 2.33. The predicted octanol–water partition coefficient (Wildman–Crippen LogP) is 12.5. The zero-order valence-corrected chi connectivity index (χ0v) is 36.4. The summed E-state index contributed by atoms with van der Waals surface area (Å²) in [6, 6.07) is 85.1. The Morgan fingerprint density at radius 1 is 0.391 bits per heavy atom. The quantitative estimate of drug-likeness (QED) is 0.147. The molecule has 0 bridgehead atoms. The standard InChI is InChI=1S/C59H45N4P/c1-63-55(43-21-9-3-10-22-43)52-31-17-29-50(41-19-7-2-8-20-41)54(52)53-32-18-30-51(56(53)63)42-33-35-45(36-34-42)58-60-57(44-23-11-4-12-24-44)61-59(62-58)46-37-39-49(40-38-46)64(47-25-13-5-14-26-47)48-27-15-6-16-28-48/h2-40,55,58H,1H3,(H,60,61,62). The van der Waals surface area contributed by atoms with Crippen molar-refractivity contribution in [3.05, 3.63) is 264 Å². The van der Waals surface area contributed by atoms with Crippen molar-refractivity contribution < 1.29 is 0 Å². The Morgan fingerprint density at radius 3 is 1.45 bits per heavy atom. The number of rotatable bonds is 9. The van der Waals surface area contributed by atoms with Crippen molar-refractivity contribution in [3.8, 4) is 33.4 Å². The predicted molar refractivity (Wildman–Crippen MR) is 270 cm³/mol. The third-order valence-corrected chi connectivity index (χ3v) is 14.8. The summed E-state index contributed by atoms with van der Waals surface area (Å²) in [4.78, 5) is 13.0. The van der Waals surface area contributed by atoms with E-state index in [9.17, 15) is 0 Å². The van der Waals surface area contributed by atoms with Gasteiger partial charge in [0, 0.05) is 29.3 Å². The van der Waals surface area contributed by atoms with E-state index >= 15 is 0 Å². The molecule has 9 aromatic carbocycles. The SMILES string of the molecule is CN1c2c(-c3ccc(C4N=C(c5ccccc5)NC(c5ccc(P(c6ccccc6)c6ccccc6)cc5)=N4)cc3)cccc2-c2c(-c3ccccc3)cccc2C1c1ccccc1. The summed E-state index contributed by atoms with van der Waals surface area (Å²) in [6.07, 6.45) is -0.430. The lowest BCUT2D eigenvalue weighted by Gasteiger charge is -2.40. The third kappa shape index (κ3) is 7.42. The molecule has 2 unspecified atom stereocenters. The monoisotopic (exact) mass is 840 g/mol. The fourth-order valence-corrected chi connectivity index (χ4v) is 11.7. The van der Waals surface area contributed by atoms with Crippen molar-refractivity contribution in [2.45, 2.75) is 12.2 Å². The molecule has 0 amide bonds. The van der Waals surface area contributed by atoms with Crippen LogP contribution in [0.4, 0.5) is 5.69 Å². The molecule has 11 rings (SSSR count). The molecule has 306 valence electrons. The summed E-state index contributed by atoms with van der Waals surface area (Å²) in [6.45, 7) is 0. The van der Waals surface area contributed by atoms with E-state index in [1.165, 1.54) is 60.5 Å². The van der Waals surface area contributed by atoms with E-state index in [0.717, 1.165) is 33.9 Å². The first-order valence-corrected chi connectivity index (χ1v) is 23.2. The number of hydrogen-bond donors (Lipinski definition) is 1. The van der Waals surface area contributed by atoms with Crippen molar-refractivity contribution in [2.24, 2.45) is 9.98 Å². The van der Waals surface area contributed by atoms with E-state index in [0.29, 0.717) is 0 Å². The second-order valence-electron chi connectivity index (χ2n) is 16.3. The highest BCUT2D eigenvalue weighted by Crippen LogP contribution is 2.53. The van der Waals surface area contributed by atoms with Gasteiger partial charge < -0.3 is 10.2 Å². The van der Waals surface area contributed by atoms with Crippen molar-refractivity contribution in [1.29, 1.82) is 0 Å². The molecule has 2 atom stereocenters. The Morgan fingerprint density at radius 2 is 0.844 bits per heavy atom. The summed E-state index contributed by atoms with van der Waals surface area (Å²) in [5, 5.41) is 7.56. The number of fused-ring (bicyclic) bond motifs is 3. The minimum absolute atomic E-state index is 0.0405. The van der Waals surface area contributed by atoms with Gasteiger partial charge in [0.25, 0.3) is 0 Å². The fraction of sp³-hybridized carbons (Fsp3) is 0.0508. The number of para-hydroxylation sites is 1. The number of benzene rings is 9. The molecule has 9 aromatic rings. The maximum atomic E-state index is 5.30. The minimum Gasteiger partial charge on any atom is -0.362 e. The zero-order valence-electron chi connectivity index (χ0n) is 35.5. The molecule has 0 saturated carbocycles. The number of hydrogen-bond acceptors (Lipinski definition) is 4. The van der Waals surface area contributed by atoms with E-state index in [1.54, 1.807) is 0 Å². The number of nitrogens with zero attached hydrogens (tertiary/aromatic N) is 3. The minimum atomic E-state index is -0.721. The maximum Gasteiger partial charge on any atom is 0.169 e. The number of anilines is 1. The van der Waals surface area contributed by atoms with Crippen molar-refractivity contribution in [1.82, 2.24) is 5.32 Å². The maximum absolute atomic E-state index is 5.30. The molecule has 0 saturated heterocycles. The van der Waals surface area contributed by atoms with E-state index in [1.807, 2.05) is 6.07 Å². The highest BCUT2D eigenvalue weighted by molar-refractivity contribution is 7.79. The zero-order chi connectivity index (χ0) is 42.8. The average Bonchev–Trinajstić information content (AvgIpc) is 3.38. The molecule has 0 aliphatic carbocycles. The van der Waals surface area contributed by atoms with Crippen LogP contribution in [0, 0.1) is 0 Å². The van der Waals surface area contributed by atoms with E-state index in [-0.39, 0.29) is 6.04 Å². The number of amidine groups is 2. The second kappa shape index (κ2) is 17.3. The molecule has 4 nitrogen and oxygen atoms in total. The summed E-state index contributed by atoms with van der Waals surface area (Å²) in [5.41, 5.74) is 14.2. The van der Waals surface area contributed by atoms with Crippen molar-refractivity contribution in [2.75, 3.05) is 11.9 Å². The molecular formula is C59H45N4P. The van der Waals surface area contributed by atoms with Crippen LogP contribution in [0.3, 0.4) is 0 Å². The van der Waals surface area contributed by atoms with Crippen LogP contribution in [-0.2, 0) is 0 Å². The summed E-state index contributed by atoms with van der Waals surface area (Å²) in [5.74, 6) is 1.61. The van der Waals surface area contributed by atoms with Gasteiger partial charge in [0.2, 0.25) is 0 Å². The molecule has 2 heterocycles. The van der Waals surface area contributed by atoms with Crippen LogP contribution in [0.1, 0.15) is 40.0 Å². The fourth-order valence-electron chi connectivity index (χ4n) is 9.38. The molecule has 0 spiro atoms. The molecule has 5 heteroatoms. The van der Waals surface area contributed by atoms with Gasteiger partial charge in [-0.1, -0.05) is 237 Å². The van der Waals surface area contributed by atoms with Crippen molar-refractivity contribution >= 4 is 41.2 Å². The lowest BCUT2D eigenvalue weighted by Crippen LogP contribution is -2.36. The first kappa shape index (κ1) is 39.2. The van der Waals surface area contributed by atoms with Gasteiger partial charge in [-0.15, -0.1) is 0 Å².